The van der Waals surface area contributed by atoms with Crippen LogP contribution in [0.1, 0.15) is 0 Å². The van der Waals surface area contributed by atoms with Crippen molar-refractivity contribution < 1.29 is 28.0 Å². The molecular formula is C10H10N2O7S. The second kappa shape index (κ2) is 6.10. The van der Waals surface area contributed by atoms with Crippen LogP contribution < -0.4 is 5.32 Å². The zero-order valence-corrected chi connectivity index (χ0v) is 10.8. The predicted molar refractivity (Wildman–Crippen MR) is 68.0 cm³/mol. The minimum atomic E-state index is -4.11. The van der Waals surface area contributed by atoms with Gasteiger partial charge in [-0.1, -0.05) is 12.1 Å². The lowest BCUT2D eigenvalue weighted by Gasteiger charge is -2.05. The highest BCUT2D eigenvalue weighted by molar-refractivity contribution is 7.92. The number of nitro benzene ring substituents is 1. The molecule has 2 N–H and O–H groups in total. The number of carbonyl (C=O) groups excluding carboxylic acids is 1. The van der Waals surface area contributed by atoms with E-state index in [1.807, 2.05) is 0 Å². The van der Waals surface area contributed by atoms with Crippen LogP contribution in [0, 0.1) is 10.1 Å². The van der Waals surface area contributed by atoms with E-state index in [-0.39, 0.29) is 5.69 Å². The number of rotatable bonds is 6. The number of benzene rings is 1. The number of nitrogens with one attached hydrogen (secondary N) is 1. The minimum absolute atomic E-state index is 0.159. The normalized spacial score (nSPS) is 10.8. The van der Waals surface area contributed by atoms with Crippen molar-refractivity contribution in [2.24, 2.45) is 0 Å². The van der Waals surface area contributed by atoms with Crippen LogP contribution in [-0.2, 0) is 19.4 Å². The van der Waals surface area contributed by atoms with E-state index in [1.54, 1.807) is 0 Å². The third kappa shape index (κ3) is 4.65. The van der Waals surface area contributed by atoms with E-state index in [1.165, 1.54) is 18.2 Å². The first-order chi connectivity index (χ1) is 9.21. The van der Waals surface area contributed by atoms with Crippen molar-refractivity contribution in [1.29, 1.82) is 0 Å². The van der Waals surface area contributed by atoms with Crippen molar-refractivity contribution in [2.75, 3.05) is 16.8 Å². The Bertz CT molecular complexity index is 653. The second-order valence-corrected chi connectivity index (χ2v) is 5.81. The summed E-state index contributed by atoms with van der Waals surface area (Å²) >= 11 is 0. The topological polar surface area (TPSA) is 144 Å². The van der Waals surface area contributed by atoms with E-state index in [9.17, 15) is 28.1 Å². The van der Waals surface area contributed by atoms with E-state index in [2.05, 4.69) is 5.32 Å². The molecule has 0 bridgehead atoms. The van der Waals surface area contributed by atoms with Crippen LogP contribution >= 0.6 is 0 Å². The first kappa shape index (κ1) is 15.6. The van der Waals surface area contributed by atoms with Crippen LogP contribution in [0.4, 0.5) is 11.4 Å². The molecule has 0 aliphatic carbocycles. The smallest absolute Gasteiger partial charge is 0.318 e. The monoisotopic (exact) mass is 302 g/mol. The summed E-state index contributed by atoms with van der Waals surface area (Å²) in [6.45, 7) is 0. The Morgan fingerprint density at radius 3 is 2.40 bits per heavy atom. The number of hydrogen-bond donors (Lipinski definition) is 2. The molecule has 0 aromatic heterocycles. The summed E-state index contributed by atoms with van der Waals surface area (Å²) in [6.07, 6.45) is 0. The quantitative estimate of drug-likeness (QED) is 0.557. The lowest BCUT2D eigenvalue weighted by atomic mass is 10.2. The van der Waals surface area contributed by atoms with Gasteiger partial charge in [0.2, 0.25) is 5.91 Å². The van der Waals surface area contributed by atoms with Crippen LogP contribution in [0.2, 0.25) is 0 Å². The van der Waals surface area contributed by atoms with Crippen molar-refractivity contribution in [1.82, 2.24) is 0 Å². The highest BCUT2D eigenvalue weighted by Gasteiger charge is 2.22. The average Bonchev–Trinajstić information content (AvgIpc) is 2.26. The molecule has 1 aromatic rings. The molecule has 1 aromatic carbocycles. The molecule has 0 spiro atoms. The fourth-order valence-corrected chi connectivity index (χ4v) is 2.31. The number of carboxylic acid groups (broad SMARTS) is 1. The highest BCUT2D eigenvalue weighted by Crippen LogP contribution is 2.22. The minimum Gasteiger partial charge on any atom is -0.480 e. The number of sulfone groups is 1. The number of para-hydroxylation sites is 2. The van der Waals surface area contributed by atoms with Crippen LogP contribution in [0.15, 0.2) is 24.3 Å². The standard InChI is InChI=1S/C10H10N2O7S/c13-9(5-20(18,19)6-10(14)15)11-7-3-1-2-4-8(7)12(16)17/h1-4H,5-6H2,(H,11,13)(H,14,15). The lowest BCUT2D eigenvalue weighted by molar-refractivity contribution is -0.383. The van der Waals surface area contributed by atoms with Crippen LogP contribution in [0.5, 0.6) is 0 Å². The fourth-order valence-electron chi connectivity index (χ4n) is 1.36. The predicted octanol–water partition coefficient (Wildman–Crippen LogP) is 0.0327. The Morgan fingerprint density at radius 2 is 1.85 bits per heavy atom. The molecule has 0 aliphatic rings. The summed E-state index contributed by atoms with van der Waals surface area (Å²) in [7, 11) is -4.11. The van der Waals surface area contributed by atoms with Gasteiger partial charge in [-0.15, -0.1) is 0 Å². The summed E-state index contributed by atoms with van der Waals surface area (Å²) in [5, 5.41) is 21.1. The Hall–Kier alpha value is -2.49. The summed E-state index contributed by atoms with van der Waals surface area (Å²) in [5.74, 6) is -4.87. The van der Waals surface area contributed by atoms with E-state index in [0.717, 1.165) is 6.07 Å². The molecule has 20 heavy (non-hydrogen) atoms. The van der Waals surface area contributed by atoms with E-state index >= 15 is 0 Å². The maximum absolute atomic E-state index is 11.5. The molecule has 0 unspecified atom stereocenters. The van der Waals surface area contributed by atoms with Gasteiger partial charge in [-0.2, -0.15) is 0 Å². The van der Waals surface area contributed by atoms with Crippen LogP contribution in [0.3, 0.4) is 0 Å². The number of carbonyl (C=O) groups is 2. The zero-order chi connectivity index (χ0) is 15.3. The Labute approximate surface area is 113 Å². The van der Waals surface area contributed by atoms with Gasteiger partial charge >= 0.3 is 5.97 Å². The fraction of sp³-hybridized carbons (Fsp3) is 0.200. The summed E-state index contributed by atoms with van der Waals surface area (Å²) in [5.41, 5.74) is -0.551. The lowest BCUT2D eigenvalue weighted by Crippen LogP contribution is -2.27. The molecule has 0 atom stereocenters. The van der Waals surface area contributed by atoms with Gasteiger partial charge in [0.1, 0.15) is 17.2 Å². The molecule has 108 valence electrons. The average molecular weight is 302 g/mol. The van der Waals surface area contributed by atoms with Crippen molar-refractivity contribution in [3.05, 3.63) is 34.4 Å². The Kier molecular flexibility index (Phi) is 4.75. The number of nitrogens with zero attached hydrogens (tertiary/aromatic N) is 1. The molecule has 10 heteroatoms. The number of anilines is 1. The first-order valence-corrected chi connectivity index (χ1v) is 6.99. The SMILES string of the molecule is O=C(O)CS(=O)(=O)CC(=O)Nc1ccccc1[N+](=O)[O-]. The second-order valence-electron chi connectivity index (χ2n) is 3.75. The summed E-state index contributed by atoms with van der Waals surface area (Å²) < 4.78 is 22.6. The van der Waals surface area contributed by atoms with Gasteiger partial charge in [0.25, 0.3) is 5.69 Å². The molecule has 0 saturated heterocycles. The van der Waals surface area contributed by atoms with Gasteiger partial charge in [0.05, 0.1) is 4.92 Å². The molecule has 0 radical (unpaired) electrons. The third-order valence-corrected chi connectivity index (χ3v) is 3.46. The number of hydrogen-bond acceptors (Lipinski definition) is 6. The molecule has 0 fully saturated rings. The first-order valence-electron chi connectivity index (χ1n) is 5.17. The van der Waals surface area contributed by atoms with E-state index in [0.29, 0.717) is 0 Å². The molecule has 1 amide bonds. The van der Waals surface area contributed by atoms with Gasteiger partial charge in [-0.3, -0.25) is 19.7 Å². The van der Waals surface area contributed by atoms with Gasteiger partial charge in [0, 0.05) is 6.07 Å². The molecular weight excluding hydrogens is 292 g/mol. The molecule has 9 nitrogen and oxygen atoms in total. The number of nitro groups is 1. The highest BCUT2D eigenvalue weighted by atomic mass is 32.2. The molecule has 0 heterocycles. The van der Waals surface area contributed by atoms with Crippen LogP contribution in [-0.4, -0.2) is 41.8 Å². The van der Waals surface area contributed by atoms with Gasteiger partial charge in [0.15, 0.2) is 9.84 Å². The van der Waals surface area contributed by atoms with Crippen molar-refractivity contribution in [2.45, 2.75) is 0 Å². The van der Waals surface area contributed by atoms with Gasteiger partial charge in [-0.05, 0) is 6.07 Å². The summed E-state index contributed by atoms with van der Waals surface area (Å²) in [4.78, 5) is 31.7. The molecule has 1 rings (SSSR count). The zero-order valence-electron chi connectivity index (χ0n) is 9.98. The Balaban J connectivity index is 2.82. The molecule has 0 aliphatic heterocycles. The van der Waals surface area contributed by atoms with Gasteiger partial charge in [-0.25, -0.2) is 8.42 Å². The maximum Gasteiger partial charge on any atom is 0.318 e. The largest absolute Gasteiger partial charge is 0.480 e. The van der Waals surface area contributed by atoms with E-state index < -0.39 is 43.8 Å². The number of carboxylic acids is 1. The van der Waals surface area contributed by atoms with E-state index in [4.69, 9.17) is 5.11 Å². The van der Waals surface area contributed by atoms with Gasteiger partial charge < -0.3 is 10.4 Å². The summed E-state index contributed by atoms with van der Waals surface area (Å²) in [6, 6.07) is 5.19. The van der Waals surface area contributed by atoms with Crippen molar-refractivity contribution >= 4 is 33.1 Å². The van der Waals surface area contributed by atoms with Crippen molar-refractivity contribution in [3.8, 4) is 0 Å². The maximum atomic E-state index is 11.5. The number of amides is 1. The van der Waals surface area contributed by atoms with Crippen molar-refractivity contribution in [3.63, 3.8) is 0 Å². The Morgan fingerprint density at radius 1 is 1.25 bits per heavy atom. The third-order valence-electron chi connectivity index (χ3n) is 2.07. The molecule has 0 saturated carbocycles. The number of aliphatic carboxylic acids is 1. The van der Waals surface area contributed by atoms with Crippen LogP contribution in [0.25, 0.3) is 0 Å².